The van der Waals surface area contributed by atoms with Crippen molar-refractivity contribution in [2.45, 2.75) is 0 Å². The van der Waals surface area contributed by atoms with Crippen molar-refractivity contribution >= 4 is 18.9 Å². The monoisotopic (exact) mass is 238 g/mol. The van der Waals surface area contributed by atoms with Crippen LogP contribution in [0, 0.1) is 0 Å². The van der Waals surface area contributed by atoms with Gasteiger partial charge in [0.25, 0.3) is 0 Å². The van der Waals surface area contributed by atoms with E-state index in [2.05, 4.69) is 84.9 Å². The summed E-state index contributed by atoms with van der Waals surface area (Å²) in [6.07, 6.45) is 0. The number of hydrogen-bond donors (Lipinski definition) is 0. The van der Waals surface area contributed by atoms with Crippen molar-refractivity contribution in [1.82, 2.24) is 0 Å². The van der Waals surface area contributed by atoms with Crippen LogP contribution in [-0.4, -0.2) is 18.9 Å². The van der Waals surface area contributed by atoms with Crippen LogP contribution < -0.4 is 0 Å². The van der Waals surface area contributed by atoms with Crippen LogP contribution in [0.25, 0.3) is 22.3 Å². The Hall–Kier alpha value is -1.74. The van der Waals surface area contributed by atoms with Crippen LogP contribution in [0.2, 0.25) is 0 Å². The fourth-order valence-corrected chi connectivity index (χ4v) is 2.22. The van der Waals surface area contributed by atoms with Crippen molar-refractivity contribution in [2.75, 3.05) is 0 Å². The zero-order valence-electron chi connectivity index (χ0n) is 10.1. The molecule has 3 aromatic carbocycles. The molecule has 0 spiro atoms. The van der Waals surface area contributed by atoms with Gasteiger partial charge >= 0.3 is 18.9 Å². The van der Waals surface area contributed by atoms with Crippen molar-refractivity contribution in [3.05, 3.63) is 84.9 Å². The van der Waals surface area contributed by atoms with Gasteiger partial charge in [-0.15, -0.1) is 0 Å². The second kappa shape index (κ2) is 6.43. The van der Waals surface area contributed by atoms with Crippen molar-refractivity contribution in [2.24, 2.45) is 0 Å². The van der Waals surface area contributed by atoms with Crippen LogP contribution in [0.4, 0.5) is 0 Å². The maximum Gasteiger partial charge on any atom is -0.0105 e. The summed E-state index contributed by atoms with van der Waals surface area (Å²) in [5.41, 5.74) is 5.09. The predicted molar refractivity (Wildman–Crippen MR) is 84.5 cm³/mol. The second-order valence-electron chi connectivity index (χ2n) is 4.28. The predicted octanol–water partition coefficient (Wildman–Crippen LogP) is 4.37. The molecule has 0 atom stereocenters. The van der Waals surface area contributed by atoms with Gasteiger partial charge in [0.2, 0.25) is 0 Å². The summed E-state index contributed by atoms with van der Waals surface area (Å²) < 4.78 is 0. The van der Waals surface area contributed by atoms with Gasteiger partial charge in [0.15, 0.2) is 0 Å². The van der Waals surface area contributed by atoms with Crippen molar-refractivity contribution in [3.8, 4) is 22.3 Å². The Morgan fingerprint density at radius 2 is 0.684 bits per heavy atom. The van der Waals surface area contributed by atoms with Gasteiger partial charge in [-0.05, 0) is 22.3 Å². The summed E-state index contributed by atoms with van der Waals surface area (Å²) in [4.78, 5) is 0. The quantitative estimate of drug-likeness (QED) is 0.581. The first kappa shape index (κ1) is 13.7. The van der Waals surface area contributed by atoms with Gasteiger partial charge in [0.05, 0.1) is 0 Å². The molecule has 0 fully saturated rings. The van der Waals surface area contributed by atoms with Gasteiger partial charge in [-0.25, -0.2) is 0 Å². The summed E-state index contributed by atoms with van der Waals surface area (Å²) in [6.45, 7) is 0. The molecule has 0 aromatic heterocycles. The fourth-order valence-electron chi connectivity index (χ4n) is 2.22. The molecular weight excluding hydrogens is 223 g/mol. The Labute approximate surface area is 126 Å². The Kier molecular flexibility index (Phi) is 4.63. The average Bonchev–Trinajstić information content (AvgIpc) is 2.49. The topological polar surface area (TPSA) is 0 Å². The van der Waals surface area contributed by atoms with Crippen LogP contribution in [0.5, 0.6) is 0 Å². The van der Waals surface area contributed by atoms with E-state index in [1.54, 1.807) is 0 Å². The fraction of sp³-hybridized carbons (Fsp3) is 0. The number of benzene rings is 3. The van der Waals surface area contributed by atoms with Crippen LogP contribution >= 0.6 is 0 Å². The third-order valence-electron chi connectivity index (χ3n) is 3.10. The molecule has 0 amide bonds. The number of hydrogen-bond acceptors (Lipinski definition) is 0. The van der Waals surface area contributed by atoms with Crippen molar-refractivity contribution in [1.29, 1.82) is 0 Å². The van der Waals surface area contributed by atoms with Gasteiger partial charge in [0.1, 0.15) is 0 Å². The SMILES string of the molecule is [LiH].c1ccc(-c2ccccc2-c2ccccc2)cc1. The van der Waals surface area contributed by atoms with Crippen LogP contribution in [-0.2, 0) is 0 Å². The van der Waals surface area contributed by atoms with E-state index in [1.807, 2.05) is 0 Å². The minimum absolute atomic E-state index is 0. The molecule has 0 heterocycles. The van der Waals surface area contributed by atoms with Gasteiger partial charge in [0, 0.05) is 0 Å². The van der Waals surface area contributed by atoms with Gasteiger partial charge in [-0.2, -0.15) is 0 Å². The standard InChI is InChI=1S/C18H14.Li.H/c1-3-9-15(10-4-1)17-13-7-8-14-18(17)16-11-5-2-6-12-16;;/h1-14H;;. The molecule has 0 aliphatic heterocycles. The van der Waals surface area contributed by atoms with Crippen LogP contribution in [0.3, 0.4) is 0 Å². The van der Waals surface area contributed by atoms with E-state index in [4.69, 9.17) is 0 Å². The molecule has 0 N–H and O–H groups in total. The smallest absolute Gasteiger partial charge is 0.0105 e. The summed E-state index contributed by atoms with van der Waals surface area (Å²) in [7, 11) is 0. The summed E-state index contributed by atoms with van der Waals surface area (Å²) in [5, 5.41) is 0. The van der Waals surface area contributed by atoms with Crippen LogP contribution in [0.15, 0.2) is 84.9 Å². The zero-order chi connectivity index (χ0) is 12.2. The van der Waals surface area contributed by atoms with Crippen molar-refractivity contribution in [3.63, 3.8) is 0 Å². The first-order valence-electron chi connectivity index (χ1n) is 6.15. The van der Waals surface area contributed by atoms with E-state index < -0.39 is 0 Å². The molecule has 3 aromatic rings. The molecule has 1 heteroatoms. The van der Waals surface area contributed by atoms with E-state index in [1.165, 1.54) is 22.3 Å². The maximum atomic E-state index is 2.18. The van der Waals surface area contributed by atoms with E-state index >= 15 is 0 Å². The molecule has 19 heavy (non-hydrogen) atoms. The van der Waals surface area contributed by atoms with E-state index in [9.17, 15) is 0 Å². The third-order valence-corrected chi connectivity index (χ3v) is 3.10. The van der Waals surface area contributed by atoms with Crippen molar-refractivity contribution < 1.29 is 0 Å². The largest absolute Gasteiger partial charge is 0.0622 e. The molecular formula is C18H15Li. The first-order chi connectivity index (χ1) is 8.95. The Bertz CT molecular complexity index is 572. The number of rotatable bonds is 2. The molecule has 0 aliphatic carbocycles. The Balaban J connectivity index is 0.00000133. The summed E-state index contributed by atoms with van der Waals surface area (Å²) in [5.74, 6) is 0. The second-order valence-corrected chi connectivity index (χ2v) is 4.28. The maximum absolute atomic E-state index is 2.18. The molecule has 3 rings (SSSR count). The summed E-state index contributed by atoms with van der Waals surface area (Å²) in [6, 6.07) is 29.6. The molecule has 0 aliphatic rings. The van der Waals surface area contributed by atoms with Gasteiger partial charge in [-0.1, -0.05) is 84.9 Å². The minimum Gasteiger partial charge on any atom is -0.0622 e. The minimum atomic E-state index is 0. The normalized spacial score (nSPS) is 9.68. The molecule has 0 saturated carbocycles. The molecule has 0 bridgehead atoms. The van der Waals surface area contributed by atoms with Gasteiger partial charge in [-0.3, -0.25) is 0 Å². The summed E-state index contributed by atoms with van der Waals surface area (Å²) >= 11 is 0. The Morgan fingerprint density at radius 1 is 0.368 bits per heavy atom. The average molecular weight is 238 g/mol. The van der Waals surface area contributed by atoms with Gasteiger partial charge < -0.3 is 0 Å². The van der Waals surface area contributed by atoms with Crippen LogP contribution in [0.1, 0.15) is 0 Å². The van der Waals surface area contributed by atoms with E-state index in [0.717, 1.165) is 0 Å². The molecule has 0 unspecified atom stereocenters. The zero-order valence-corrected chi connectivity index (χ0v) is 10.1. The first-order valence-corrected chi connectivity index (χ1v) is 6.15. The molecule has 88 valence electrons. The molecule has 0 saturated heterocycles. The Morgan fingerprint density at radius 3 is 1.05 bits per heavy atom. The molecule has 0 nitrogen and oxygen atoms in total. The van der Waals surface area contributed by atoms with E-state index in [0.29, 0.717) is 0 Å². The molecule has 0 radical (unpaired) electrons. The third kappa shape index (κ3) is 2.99. The van der Waals surface area contributed by atoms with E-state index in [-0.39, 0.29) is 18.9 Å².